The molecule has 0 amide bonds. The molecule has 0 aliphatic carbocycles. The third-order valence-corrected chi connectivity index (χ3v) is 4.03. The maximum atomic E-state index is 11.6. The Morgan fingerprint density at radius 1 is 1.35 bits per heavy atom. The predicted molar refractivity (Wildman–Crippen MR) is 79.0 cm³/mol. The van der Waals surface area contributed by atoms with Gasteiger partial charge in [0, 0.05) is 11.4 Å². The van der Waals surface area contributed by atoms with Crippen molar-refractivity contribution in [2.24, 2.45) is 0 Å². The zero-order valence-corrected chi connectivity index (χ0v) is 12.5. The van der Waals surface area contributed by atoms with E-state index in [-0.39, 0.29) is 5.69 Å². The molecule has 0 aliphatic rings. The molecule has 5 nitrogen and oxygen atoms in total. The average Bonchev–Trinajstić information content (AvgIpc) is 2.81. The highest BCUT2D eigenvalue weighted by Gasteiger charge is 2.10. The Morgan fingerprint density at radius 3 is 2.65 bits per heavy atom. The van der Waals surface area contributed by atoms with Crippen LogP contribution in [0.5, 0.6) is 0 Å². The van der Waals surface area contributed by atoms with Gasteiger partial charge in [-0.15, -0.1) is 5.10 Å². The van der Waals surface area contributed by atoms with Crippen LogP contribution in [0, 0.1) is 0 Å². The normalized spacial score (nSPS) is 12.6. The van der Waals surface area contributed by atoms with Gasteiger partial charge in [0.1, 0.15) is 0 Å². The Kier molecular flexibility index (Phi) is 5.03. The van der Waals surface area contributed by atoms with E-state index in [0.29, 0.717) is 18.1 Å². The molecule has 2 rings (SSSR count). The van der Waals surface area contributed by atoms with Gasteiger partial charge >= 0.3 is 5.69 Å². The molecule has 6 heteroatoms. The zero-order chi connectivity index (χ0) is 14.5. The van der Waals surface area contributed by atoms with Crippen LogP contribution < -0.4 is 5.69 Å². The molecular weight excluding hydrogens is 274 g/mol. The maximum Gasteiger partial charge on any atom is 0.343 e. The van der Waals surface area contributed by atoms with E-state index in [0.717, 1.165) is 16.9 Å². The van der Waals surface area contributed by atoms with Gasteiger partial charge in [-0.1, -0.05) is 26.0 Å². The van der Waals surface area contributed by atoms with E-state index in [2.05, 4.69) is 10.2 Å². The van der Waals surface area contributed by atoms with Crippen molar-refractivity contribution in [3.8, 4) is 0 Å². The summed E-state index contributed by atoms with van der Waals surface area (Å²) < 4.78 is 1.64. The highest BCUT2D eigenvalue weighted by molar-refractivity contribution is 7.99. The number of aliphatic hydroxyl groups excluding tert-OH is 1. The Bertz CT molecular complexity index is 604. The number of benzene rings is 1. The molecule has 0 saturated carbocycles. The van der Waals surface area contributed by atoms with Crippen LogP contribution in [-0.4, -0.2) is 19.9 Å². The van der Waals surface area contributed by atoms with Crippen molar-refractivity contribution in [3.05, 3.63) is 40.3 Å². The molecule has 1 atom stereocenters. The fourth-order valence-corrected chi connectivity index (χ4v) is 2.76. The van der Waals surface area contributed by atoms with Gasteiger partial charge in [0.05, 0.1) is 6.10 Å². The second-order valence-electron chi connectivity index (χ2n) is 4.56. The number of aromatic amines is 1. The van der Waals surface area contributed by atoms with Gasteiger partial charge < -0.3 is 5.11 Å². The van der Waals surface area contributed by atoms with Gasteiger partial charge in [0.25, 0.3) is 0 Å². The number of hydrogen-bond donors (Lipinski definition) is 2. The first kappa shape index (κ1) is 14.9. The van der Waals surface area contributed by atoms with Crippen LogP contribution in [-0.2, 0) is 6.54 Å². The first-order valence-corrected chi connectivity index (χ1v) is 7.58. The second kappa shape index (κ2) is 6.76. The smallest absolute Gasteiger partial charge is 0.343 e. The van der Waals surface area contributed by atoms with Crippen molar-refractivity contribution in [1.82, 2.24) is 14.8 Å². The standard InChI is InChI=1S/C14H19N3O2S/c1-3-9-17-13(19)15-16-14(17)20-11-7-5-10(6-8-11)12(18)4-2/h5-8,12,18H,3-4,9H2,1-2H3,(H,15,19)/t12-/m0/s1. The van der Waals surface area contributed by atoms with Crippen LogP contribution in [0.2, 0.25) is 0 Å². The lowest BCUT2D eigenvalue weighted by atomic mass is 10.1. The Labute approximate surface area is 122 Å². The molecule has 2 aromatic rings. The van der Waals surface area contributed by atoms with Crippen LogP contribution in [0.1, 0.15) is 38.4 Å². The van der Waals surface area contributed by atoms with Gasteiger partial charge in [0.15, 0.2) is 5.16 Å². The highest BCUT2D eigenvalue weighted by atomic mass is 32.2. The molecule has 1 aromatic heterocycles. The topological polar surface area (TPSA) is 70.9 Å². The zero-order valence-electron chi connectivity index (χ0n) is 11.7. The molecule has 2 N–H and O–H groups in total. The molecule has 1 aromatic carbocycles. The highest BCUT2D eigenvalue weighted by Crippen LogP contribution is 2.27. The van der Waals surface area contributed by atoms with E-state index in [1.165, 1.54) is 11.8 Å². The van der Waals surface area contributed by atoms with Crippen LogP contribution in [0.4, 0.5) is 0 Å². The van der Waals surface area contributed by atoms with Crippen LogP contribution in [0.15, 0.2) is 39.1 Å². The van der Waals surface area contributed by atoms with E-state index in [9.17, 15) is 9.90 Å². The van der Waals surface area contributed by atoms with Crippen molar-refractivity contribution in [1.29, 1.82) is 0 Å². The number of nitrogens with zero attached hydrogens (tertiary/aromatic N) is 2. The summed E-state index contributed by atoms with van der Waals surface area (Å²) in [5.74, 6) is 0. The molecule has 0 unspecified atom stereocenters. The lowest BCUT2D eigenvalue weighted by Gasteiger charge is -2.08. The number of aromatic nitrogens is 3. The molecular formula is C14H19N3O2S. The number of aliphatic hydroxyl groups is 1. The lowest BCUT2D eigenvalue weighted by molar-refractivity contribution is 0.173. The Balaban J connectivity index is 2.16. The lowest BCUT2D eigenvalue weighted by Crippen LogP contribution is -2.17. The van der Waals surface area contributed by atoms with E-state index < -0.39 is 6.10 Å². The van der Waals surface area contributed by atoms with E-state index in [1.807, 2.05) is 38.1 Å². The minimum atomic E-state index is -0.419. The van der Waals surface area contributed by atoms with Crippen LogP contribution in [0.3, 0.4) is 0 Å². The fraction of sp³-hybridized carbons (Fsp3) is 0.429. The molecule has 0 fully saturated rings. The van der Waals surface area contributed by atoms with Crippen molar-refractivity contribution in [2.45, 2.75) is 49.4 Å². The summed E-state index contributed by atoms with van der Waals surface area (Å²) in [6, 6.07) is 7.69. The average molecular weight is 293 g/mol. The van der Waals surface area contributed by atoms with Crippen molar-refractivity contribution in [2.75, 3.05) is 0 Å². The monoisotopic (exact) mass is 293 g/mol. The second-order valence-corrected chi connectivity index (χ2v) is 5.60. The van der Waals surface area contributed by atoms with Crippen molar-refractivity contribution in [3.63, 3.8) is 0 Å². The third kappa shape index (κ3) is 3.32. The van der Waals surface area contributed by atoms with Gasteiger partial charge in [-0.25, -0.2) is 9.89 Å². The van der Waals surface area contributed by atoms with Crippen molar-refractivity contribution < 1.29 is 5.11 Å². The summed E-state index contributed by atoms with van der Waals surface area (Å²) in [6.07, 6.45) is 1.16. The summed E-state index contributed by atoms with van der Waals surface area (Å²) in [5.41, 5.74) is 0.734. The Hall–Kier alpha value is -1.53. The van der Waals surface area contributed by atoms with Gasteiger partial charge in [0.2, 0.25) is 0 Å². The minimum absolute atomic E-state index is 0.174. The van der Waals surface area contributed by atoms with E-state index >= 15 is 0 Å². The predicted octanol–water partition coefficient (Wildman–Crippen LogP) is 2.58. The van der Waals surface area contributed by atoms with Gasteiger partial charge in [-0.05, 0) is 42.3 Å². The SMILES string of the molecule is CCCn1c(Sc2ccc([C@@H](O)CC)cc2)n[nH]c1=O. The molecule has 20 heavy (non-hydrogen) atoms. The molecule has 1 heterocycles. The molecule has 0 bridgehead atoms. The quantitative estimate of drug-likeness (QED) is 0.858. The minimum Gasteiger partial charge on any atom is -0.388 e. The van der Waals surface area contributed by atoms with E-state index in [4.69, 9.17) is 0 Å². The summed E-state index contributed by atoms with van der Waals surface area (Å²) in [6.45, 7) is 4.62. The fourth-order valence-electron chi connectivity index (χ4n) is 1.90. The van der Waals surface area contributed by atoms with Gasteiger partial charge in [-0.2, -0.15) is 0 Å². The summed E-state index contributed by atoms with van der Waals surface area (Å²) in [5, 5.41) is 16.9. The Morgan fingerprint density at radius 2 is 2.05 bits per heavy atom. The molecule has 0 aliphatic heterocycles. The van der Waals surface area contributed by atoms with Crippen LogP contribution in [0.25, 0.3) is 0 Å². The largest absolute Gasteiger partial charge is 0.388 e. The van der Waals surface area contributed by atoms with E-state index in [1.54, 1.807) is 4.57 Å². The number of rotatable bonds is 6. The van der Waals surface area contributed by atoms with Gasteiger partial charge in [-0.3, -0.25) is 4.57 Å². The van der Waals surface area contributed by atoms with Crippen molar-refractivity contribution >= 4 is 11.8 Å². The third-order valence-electron chi connectivity index (χ3n) is 3.03. The first-order chi connectivity index (χ1) is 9.65. The molecule has 0 radical (unpaired) electrons. The molecule has 108 valence electrons. The maximum absolute atomic E-state index is 11.6. The summed E-state index contributed by atoms with van der Waals surface area (Å²) in [7, 11) is 0. The number of hydrogen-bond acceptors (Lipinski definition) is 4. The molecule has 0 spiro atoms. The summed E-state index contributed by atoms with van der Waals surface area (Å²) in [4.78, 5) is 12.6. The summed E-state index contributed by atoms with van der Waals surface area (Å²) >= 11 is 1.44. The first-order valence-electron chi connectivity index (χ1n) is 6.76. The molecule has 0 saturated heterocycles. The number of nitrogens with one attached hydrogen (secondary N) is 1. The number of H-pyrrole nitrogens is 1. The van der Waals surface area contributed by atoms with Crippen LogP contribution >= 0.6 is 11.8 Å².